The topological polar surface area (TPSA) is 46.1 Å². The maximum Gasteiger partial charge on any atom is 0.243 e. The Morgan fingerprint density at radius 3 is 2.15 bits per heavy atom. The normalized spacial score (nSPS) is 41.9. The Bertz CT molecular complexity index is 422. The van der Waals surface area contributed by atoms with E-state index in [0.29, 0.717) is 12.3 Å². The lowest BCUT2D eigenvalue weighted by atomic mass is 9.48. The van der Waals surface area contributed by atoms with Crippen molar-refractivity contribution in [3.8, 4) is 0 Å². The summed E-state index contributed by atoms with van der Waals surface area (Å²) in [6, 6.07) is 0. The predicted molar refractivity (Wildman–Crippen MR) is 74.0 cm³/mol. The summed E-state index contributed by atoms with van der Waals surface area (Å²) in [6.07, 6.45) is 9.89. The molecule has 4 saturated carbocycles. The predicted octanol–water partition coefficient (Wildman–Crippen LogP) is -1.06. The number of ketones is 1. The third kappa shape index (κ3) is 2.24. The first-order chi connectivity index (χ1) is 9.14. The molecule has 0 spiro atoms. The molecule has 112 valence electrons. The third-order valence-electron chi connectivity index (χ3n) is 6.23. The van der Waals surface area contributed by atoms with Crippen molar-refractivity contribution in [2.45, 2.75) is 51.4 Å². The van der Waals surface area contributed by atoms with Crippen LogP contribution in [-0.2, 0) is 4.79 Å². The van der Waals surface area contributed by atoms with Crippen molar-refractivity contribution in [2.75, 3.05) is 13.1 Å². The molecule has 0 aromatic carbocycles. The van der Waals surface area contributed by atoms with Crippen LogP contribution in [0.1, 0.15) is 51.4 Å². The molecular weight excluding hydrogens is 316 g/mol. The average Bonchev–Trinajstić information content (AvgIpc) is 2.73. The van der Waals surface area contributed by atoms with Crippen LogP contribution in [0.15, 0.2) is 0 Å². The summed E-state index contributed by atoms with van der Waals surface area (Å²) < 4.78 is 2.14. The number of hydrogen-bond acceptors (Lipinski definition) is 2. The Morgan fingerprint density at radius 2 is 1.70 bits per heavy atom. The molecular formula is C16H25BrN2O. The number of halogens is 1. The van der Waals surface area contributed by atoms with Gasteiger partial charge in [0.15, 0.2) is 5.78 Å². The Balaban J connectivity index is 0.00000121. The van der Waals surface area contributed by atoms with E-state index in [4.69, 9.17) is 5.73 Å². The summed E-state index contributed by atoms with van der Waals surface area (Å²) in [5.74, 6) is 4.02. The van der Waals surface area contributed by atoms with E-state index in [1.807, 2.05) is 0 Å². The summed E-state index contributed by atoms with van der Waals surface area (Å²) in [5, 5.41) is 0. The second-order valence-corrected chi connectivity index (χ2v) is 7.64. The highest BCUT2D eigenvalue weighted by Crippen LogP contribution is 2.60. The molecule has 0 aromatic rings. The van der Waals surface area contributed by atoms with Crippen LogP contribution in [0.25, 0.3) is 0 Å². The van der Waals surface area contributed by atoms with Crippen molar-refractivity contribution in [1.29, 1.82) is 0 Å². The molecule has 0 atom stereocenters. The van der Waals surface area contributed by atoms with Gasteiger partial charge in [-0.1, -0.05) is 0 Å². The minimum Gasteiger partial charge on any atom is -1.00 e. The van der Waals surface area contributed by atoms with Gasteiger partial charge in [-0.2, -0.15) is 0 Å². The first-order valence-corrected chi connectivity index (χ1v) is 8.04. The summed E-state index contributed by atoms with van der Waals surface area (Å²) in [7, 11) is 0. The highest BCUT2D eigenvalue weighted by molar-refractivity contribution is 5.87. The number of nitrogens with zero attached hydrogens (tertiary/aromatic N) is 1. The van der Waals surface area contributed by atoms with Crippen LogP contribution in [-0.4, -0.2) is 29.3 Å². The van der Waals surface area contributed by atoms with Gasteiger partial charge < -0.3 is 17.0 Å². The summed E-state index contributed by atoms with van der Waals surface area (Å²) >= 11 is 0. The van der Waals surface area contributed by atoms with Gasteiger partial charge in [0.1, 0.15) is 6.54 Å². The van der Waals surface area contributed by atoms with Crippen LogP contribution in [0.5, 0.6) is 0 Å². The van der Waals surface area contributed by atoms with Gasteiger partial charge in [0.25, 0.3) is 0 Å². The van der Waals surface area contributed by atoms with Crippen molar-refractivity contribution >= 4 is 11.6 Å². The molecule has 4 aliphatic carbocycles. The van der Waals surface area contributed by atoms with Crippen molar-refractivity contribution in [2.24, 2.45) is 28.9 Å². The molecule has 0 saturated heterocycles. The smallest absolute Gasteiger partial charge is 0.243 e. The SMILES string of the molecule is NC1=[N+](CC(=O)C23CC4CC(CC(C4)C2)C3)CCC1.[Br-]. The van der Waals surface area contributed by atoms with Crippen molar-refractivity contribution in [3.63, 3.8) is 0 Å². The molecule has 1 aliphatic heterocycles. The van der Waals surface area contributed by atoms with Gasteiger partial charge in [-0.3, -0.25) is 15.1 Å². The Hall–Kier alpha value is -0.380. The fourth-order valence-corrected chi connectivity index (χ4v) is 5.73. The summed E-state index contributed by atoms with van der Waals surface area (Å²) in [4.78, 5) is 12.9. The number of rotatable bonds is 3. The van der Waals surface area contributed by atoms with E-state index < -0.39 is 0 Å². The Morgan fingerprint density at radius 1 is 1.15 bits per heavy atom. The van der Waals surface area contributed by atoms with Gasteiger partial charge in [-0.15, -0.1) is 0 Å². The zero-order chi connectivity index (χ0) is 13.0. The number of carbonyl (C=O) groups excluding carboxylic acids is 1. The number of nitrogens with two attached hydrogens (primary N) is 1. The molecule has 20 heavy (non-hydrogen) atoms. The van der Waals surface area contributed by atoms with Gasteiger partial charge in [-0.05, 0) is 62.7 Å². The van der Waals surface area contributed by atoms with E-state index in [1.165, 1.54) is 38.5 Å². The lowest BCUT2D eigenvalue weighted by molar-refractivity contribution is -0.510. The zero-order valence-electron chi connectivity index (χ0n) is 12.1. The lowest BCUT2D eigenvalue weighted by Crippen LogP contribution is -3.00. The molecule has 0 aromatic heterocycles. The highest BCUT2D eigenvalue weighted by atomic mass is 79.9. The largest absolute Gasteiger partial charge is 1.00 e. The first kappa shape index (κ1) is 14.6. The monoisotopic (exact) mass is 340 g/mol. The second kappa shape index (κ2) is 5.11. The minimum absolute atomic E-state index is 0. The zero-order valence-corrected chi connectivity index (χ0v) is 13.7. The van der Waals surface area contributed by atoms with Crippen LogP contribution in [0.3, 0.4) is 0 Å². The Labute approximate surface area is 131 Å². The van der Waals surface area contributed by atoms with Crippen LogP contribution < -0.4 is 22.7 Å². The minimum atomic E-state index is 0. The van der Waals surface area contributed by atoms with E-state index in [2.05, 4.69) is 4.58 Å². The third-order valence-corrected chi connectivity index (χ3v) is 6.23. The fourth-order valence-electron chi connectivity index (χ4n) is 5.73. The van der Waals surface area contributed by atoms with E-state index >= 15 is 0 Å². The fraction of sp³-hybridized carbons (Fsp3) is 0.875. The average molecular weight is 341 g/mol. The summed E-state index contributed by atoms with van der Waals surface area (Å²) in [6.45, 7) is 1.59. The molecule has 0 amide bonds. The maximum absolute atomic E-state index is 12.9. The van der Waals surface area contributed by atoms with Gasteiger partial charge in [0.2, 0.25) is 5.84 Å². The molecule has 0 radical (unpaired) electrons. The molecule has 5 aliphatic rings. The molecule has 1 heterocycles. The number of amidine groups is 1. The first-order valence-electron chi connectivity index (χ1n) is 8.04. The number of hydrogen-bond donors (Lipinski definition) is 1. The van der Waals surface area contributed by atoms with Gasteiger partial charge in [0.05, 0.1) is 13.0 Å². The van der Waals surface area contributed by atoms with Gasteiger partial charge >= 0.3 is 0 Å². The molecule has 4 heteroatoms. The molecule has 2 N–H and O–H groups in total. The maximum atomic E-state index is 12.9. The molecule has 4 bridgehead atoms. The summed E-state index contributed by atoms with van der Waals surface area (Å²) in [5.41, 5.74) is 6.06. The van der Waals surface area contributed by atoms with Crippen LogP contribution in [0.2, 0.25) is 0 Å². The van der Waals surface area contributed by atoms with Gasteiger partial charge in [-0.25, -0.2) is 0 Å². The standard InChI is InChI=1S/C16H24N2O.BrH/c17-15-2-1-3-18(15)10-14(19)16-7-11-4-12(8-16)6-13(5-11)9-16;/h11-13,17H,1-10H2;1H. The number of Topliss-reactive ketones (excluding diaryl/α,β-unsaturated/α-hetero) is 1. The molecule has 5 rings (SSSR count). The van der Waals surface area contributed by atoms with Gasteiger partial charge in [0, 0.05) is 5.41 Å². The highest BCUT2D eigenvalue weighted by Gasteiger charge is 2.54. The Kier molecular flexibility index (Phi) is 3.72. The van der Waals surface area contributed by atoms with Crippen LogP contribution >= 0.6 is 0 Å². The number of carbonyl (C=O) groups is 1. The van der Waals surface area contributed by atoms with E-state index in [-0.39, 0.29) is 22.4 Å². The quantitative estimate of drug-likeness (QED) is 0.666. The van der Waals surface area contributed by atoms with Crippen LogP contribution in [0, 0.1) is 23.2 Å². The molecule has 4 fully saturated rings. The van der Waals surface area contributed by atoms with Crippen molar-refractivity contribution < 1.29 is 26.4 Å². The lowest BCUT2D eigenvalue weighted by Gasteiger charge is -2.55. The molecule has 3 nitrogen and oxygen atoms in total. The van der Waals surface area contributed by atoms with E-state index in [9.17, 15) is 4.79 Å². The van der Waals surface area contributed by atoms with Crippen molar-refractivity contribution in [3.05, 3.63) is 0 Å². The van der Waals surface area contributed by atoms with Crippen molar-refractivity contribution in [1.82, 2.24) is 0 Å². The second-order valence-electron chi connectivity index (χ2n) is 7.64. The van der Waals surface area contributed by atoms with E-state index in [0.717, 1.165) is 43.0 Å². The van der Waals surface area contributed by atoms with Crippen LogP contribution in [0.4, 0.5) is 0 Å². The van der Waals surface area contributed by atoms with E-state index in [1.54, 1.807) is 0 Å². The molecule has 0 unspecified atom stereocenters.